The van der Waals surface area contributed by atoms with E-state index in [0.717, 1.165) is 11.1 Å². The lowest BCUT2D eigenvalue weighted by Gasteiger charge is -2.18. The maximum absolute atomic E-state index is 11.6. The Kier molecular flexibility index (Phi) is 5.10. The first kappa shape index (κ1) is 14.8. The number of aliphatic carboxylic acids is 1. The molecule has 0 aliphatic heterocycles. The van der Waals surface area contributed by atoms with Crippen molar-refractivity contribution >= 4 is 11.9 Å². The van der Waals surface area contributed by atoms with E-state index in [4.69, 9.17) is 9.84 Å². The first-order valence-corrected chi connectivity index (χ1v) is 6.65. The van der Waals surface area contributed by atoms with E-state index >= 15 is 0 Å². The molecule has 0 saturated heterocycles. The molecule has 0 spiro atoms. The van der Waals surface area contributed by atoms with Gasteiger partial charge in [-0.2, -0.15) is 0 Å². The number of carboxylic acid groups (broad SMARTS) is 1. The smallest absolute Gasteiger partial charge is 0.317 e. The summed E-state index contributed by atoms with van der Waals surface area (Å²) in [4.78, 5) is 22.2. The summed E-state index contributed by atoms with van der Waals surface area (Å²) in [7, 11) is 0. The molecule has 2 aromatic carbocycles. The van der Waals surface area contributed by atoms with E-state index in [1.54, 1.807) is 0 Å². The first-order valence-electron chi connectivity index (χ1n) is 6.65. The Labute approximate surface area is 123 Å². The monoisotopic (exact) mass is 284 g/mol. The summed E-state index contributed by atoms with van der Waals surface area (Å²) in [5.41, 5.74) is 1.87. The van der Waals surface area contributed by atoms with Crippen LogP contribution in [0.4, 0.5) is 0 Å². The molecule has 0 aromatic heterocycles. The second-order valence-electron chi connectivity index (χ2n) is 4.65. The molecule has 108 valence electrons. The van der Waals surface area contributed by atoms with E-state index in [0.29, 0.717) is 6.42 Å². The minimum atomic E-state index is -1.19. The highest BCUT2D eigenvalue weighted by molar-refractivity contribution is 5.90. The van der Waals surface area contributed by atoms with Gasteiger partial charge < -0.3 is 9.84 Å². The van der Waals surface area contributed by atoms with Gasteiger partial charge >= 0.3 is 11.9 Å². The normalized spacial score (nSPS) is 11.6. The summed E-state index contributed by atoms with van der Waals surface area (Å²) >= 11 is 0. The average Bonchev–Trinajstić information content (AvgIpc) is 2.48. The highest BCUT2D eigenvalue weighted by Gasteiger charge is 2.19. The number of benzene rings is 2. The molecule has 0 amide bonds. The molecule has 0 aliphatic carbocycles. The number of carbonyl (C=O) groups excluding carboxylic acids is 1. The zero-order valence-electron chi connectivity index (χ0n) is 11.4. The lowest BCUT2D eigenvalue weighted by Crippen LogP contribution is -2.16. The number of hydrogen-bond acceptors (Lipinski definition) is 3. The van der Waals surface area contributed by atoms with Gasteiger partial charge in [-0.3, -0.25) is 9.59 Å². The number of carboxylic acids is 1. The second kappa shape index (κ2) is 7.24. The van der Waals surface area contributed by atoms with E-state index in [2.05, 4.69) is 0 Å². The molecular formula is C17H16O4. The maximum atomic E-state index is 11.6. The van der Waals surface area contributed by atoms with Crippen LogP contribution in [-0.2, 0) is 20.7 Å². The van der Waals surface area contributed by atoms with Crippen LogP contribution in [0, 0.1) is 0 Å². The number of esters is 1. The quantitative estimate of drug-likeness (QED) is 0.654. The zero-order valence-corrected chi connectivity index (χ0v) is 11.4. The number of hydrogen-bond donors (Lipinski definition) is 1. The van der Waals surface area contributed by atoms with Gasteiger partial charge in [-0.1, -0.05) is 60.7 Å². The van der Waals surface area contributed by atoms with Crippen molar-refractivity contribution in [3.05, 3.63) is 71.8 Å². The lowest BCUT2D eigenvalue weighted by atomic mass is 10.0. The highest BCUT2D eigenvalue weighted by atomic mass is 16.5. The SMILES string of the molecule is O=C(O)CC(=O)OC(Cc1ccccc1)c1ccccc1. The van der Waals surface area contributed by atoms with Gasteiger partial charge in [-0.25, -0.2) is 0 Å². The number of carbonyl (C=O) groups is 2. The summed E-state index contributed by atoms with van der Waals surface area (Å²) in [5, 5.41) is 8.66. The van der Waals surface area contributed by atoms with E-state index in [-0.39, 0.29) is 0 Å². The summed E-state index contributed by atoms with van der Waals surface area (Å²) in [6.45, 7) is 0. The Hall–Kier alpha value is -2.62. The largest absolute Gasteiger partial charge is 0.481 e. The van der Waals surface area contributed by atoms with Crippen LogP contribution in [0.25, 0.3) is 0 Å². The summed E-state index contributed by atoms with van der Waals surface area (Å²) in [5.74, 6) is -1.92. The molecule has 21 heavy (non-hydrogen) atoms. The van der Waals surface area contributed by atoms with E-state index < -0.39 is 24.5 Å². The molecule has 0 aliphatic rings. The molecule has 0 bridgehead atoms. The Morgan fingerprint density at radius 2 is 1.52 bits per heavy atom. The van der Waals surface area contributed by atoms with Crippen molar-refractivity contribution in [2.75, 3.05) is 0 Å². The lowest BCUT2D eigenvalue weighted by molar-refractivity contribution is -0.155. The van der Waals surface area contributed by atoms with Gasteiger partial charge in [0.05, 0.1) is 0 Å². The molecule has 0 radical (unpaired) electrons. The molecule has 2 aromatic rings. The minimum absolute atomic E-state index is 0.486. The van der Waals surface area contributed by atoms with Gasteiger partial charge in [0.15, 0.2) is 0 Å². The Bertz CT molecular complexity index is 593. The Morgan fingerprint density at radius 3 is 2.10 bits per heavy atom. The van der Waals surface area contributed by atoms with Gasteiger partial charge in [0.2, 0.25) is 0 Å². The summed E-state index contributed by atoms with van der Waals surface area (Å²) in [6, 6.07) is 19.0. The third-order valence-electron chi connectivity index (χ3n) is 3.00. The molecule has 1 N–H and O–H groups in total. The fourth-order valence-electron chi connectivity index (χ4n) is 2.05. The third-order valence-corrected chi connectivity index (χ3v) is 3.00. The molecule has 4 nitrogen and oxygen atoms in total. The fourth-order valence-corrected chi connectivity index (χ4v) is 2.05. The standard InChI is InChI=1S/C17H16O4/c18-16(19)12-17(20)21-15(14-9-5-2-6-10-14)11-13-7-3-1-4-8-13/h1-10,15H,11-12H2,(H,18,19). The fraction of sp³-hybridized carbons (Fsp3) is 0.176. The van der Waals surface area contributed by atoms with Crippen molar-refractivity contribution in [1.82, 2.24) is 0 Å². The summed E-state index contributed by atoms with van der Waals surface area (Å²) in [6.07, 6.45) is -0.602. The van der Waals surface area contributed by atoms with E-state index in [9.17, 15) is 9.59 Å². The Balaban J connectivity index is 2.15. The molecule has 1 atom stereocenters. The van der Waals surface area contributed by atoms with Crippen LogP contribution in [0.3, 0.4) is 0 Å². The van der Waals surface area contributed by atoms with Gasteiger partial charge in [0.1, 0.15) is 12.5 Å². The van der Waals surface area contributed by atoms with Gasteiger partial charge in [0, 0.05) is 6.42 Å². The maximum Gasteiger partial charge on any atom is 0.317 e. The molecule has 0 fully saturated rings. The van der Waals surface area contributed by atoms with Crippen molar-refractivity contribution in [3.8, 4) is 0 Å². The molecule has 0 heterocycles. The van der Waals surface area contributed by atoms with Crippen molar-refractivity contribution in [1.29, 1.82) is 0 Å². The molecular weight excluding hydrogens is 268 g/mol. The third kappa shape index (κ3) is 4.76. The van der Waals surface area contributed by atoms with Crippen LogP contribution in [0.1, 0.15) is 23.7 Å². The number of rotatable bonds is 6. The molecule has 1 unspecified atom stereocenters. The minimum Gasteiger partial charge on any atom is -0.481 e. The van der Waals surface area contributed by atoms with Gasteiger partial charge in [-0.15, -0.1) is 0 Å². The van der Waals surface area contributed by atoms with Crippen LogP contribution in [0.15, 0.2) is 60.7 Å². The molecule has 2 rings (SSSR count). The number of ether oxygens (including phenoxy) is 1. The average molecular weight is 284 g/mol. The molecule has 4 heteroatoms. The highest BCUT2D eigenvalue weighted by Crippen LogP contribution is 2.22. The van der Waals surface area contributed by atoms with Crippen molar-refractivity contribution in [2.45, 2.75) is 18.9 Å². The zero-order chi connectivity index (χ0) is 15.1. The van der Waals surface area contributed by atoms with E-state index in [1.165, 1.54) is 0 Å². The first-order chi connectivity index (χ1) is 10.1. The molecule has 0 saturated carbocycles. The Morgan fingerprint density at radius 1 is 0.952 bits per heavy atom. The topological polar surface area (TPSA) is 63.6 Å². The summed E-state index contributed by atoms with van der Waals surface area (Å²) < 4.78 is 5.33. The van der Waals surface area contributed by atoms with Crippen molar-refractivity contribution in [3.63, 3.8) is 0 Å². The van der Waals surface area contributed by atoms with Gasteiger partial charge in [-0.05, 0) is 11.1 Å². The second-order valence-corrected chi connectivity index (χ2v) is 4.65. The van der Waals surface area contributed by atoms with Gasteiger partial charge in [0.25, 0.3) is 0 Å². The predicted octanol–water partition coefficient (Wildman–Crippen LogP) is 2.99. The predicted molar refractivity (Wildman–Crippen MR) is 77.7 cm³/mol. The van der Waals surface area contributed by atoms with Crippen LogP contribution >= 0.6 is 0 Å². The van der Waals surface area contributed by atoms with Crippen molar-refractivity contribution in [2.24, 2.45) is 0 Å². The van der Waals surface area contributed by atoms with Crippen molar-refractivity contribution < 1.29 is 19.4 Å². The van der Waals surface area contributed by atoms with E-state index in [1.807, 2.05) is 60.7 Å². The van der Waals surface area contributed by atoms with Crippen LogP contribution in [-0.4, -0.2) is 17.0 Å². The van der Waals surface area contributed by atoms with Crippen LogP contribution in [0.5, 0.6) is 0 Å². The van der Waals surface area contributed by atoms with Crippen LogP contribution in [0.2, 0.25) is 0 Å². The van der Waals surface area contributed by atoms with Crippen LogP contribution < -0.4 is 0 Å².